The molecule has 0 spiro atoms. The van der Waals surface area contributed by atoms with Crippen molar-refractivity contribution in [3.05, 3.63) is 64.7 Å². The second-order valence-corrected chi connectivity index (χ2v) is 6.40. The highest BCUT2D eigenvalue weighted by molar-refractivity contribution is 6.30. The van der Waals surface area contributed by atoms with E-state index in [-0.39, 0.29) is 18.2 Å². The molecule has 0 bridgehead atoms. The molecule has 0 unspecified atom stereocenters. The van der Waals surface area contributed by atoms with Gasteiger partial charge >= 0.3 is 0 Å². The summed E-state index contributed by atoms with van der Waals surface area (Å²) in [6.45, 7) is 2.06. The van der Waals surface area contributed by atoms with Crippen LogP contribution in [0.5, 0.6) is 5.75 Å². The number of amides is 2. The number of carbonyl (C=O) groups is 2. The summed E-state index contributed by atoms with van der Waals surface area (Å²) in [6, 6.07) is 14.0. The van der Waals surface area contributed by atoms with Gasteiger partial charge in [0.05, 0.1) is 13.5 Å². The van der Waals surface area contributed by atoms with E-state index in [1.54, 1.807) is 38.1 Å². The highest BCUT2D eigenvalue weighted by atomic mass is 35.5. The molecular formula is C20H23ClN2O3. The van der Waals surface area contributed by atoms with E-state index in [1.165, 1.54) is 0 Å². The third kappa shape index (κ3) is 5.23. The Balaban J connectivity index is 2.19. The quantitative estimate of drug-likeness (QED) is 0.810. The van der Waals surface area contributed by atoms with Crippen molar-refractivity contribution in [1.29, 1.82) is 0 Å². The van der Waals surface area contributed by atoms with Crippen LogP contribution in [0.3, 0.4) is 0 Å². The van der Waals surface area contributed by atoms with E-state index in [0.29, 0.717) is 11.6 Å². The molecule has 0 heterocycles. The van der Waals surface area contributed by atoms with Crippen molar-refractivity contribution in [2.75, 3.05) is 14.2 Å². The van der Waals surface area contributed by atoms with Gasteiger partial charge in [0.15, 0.2) is 0 Å². The monoisotopic (exact) mass is 374 g/mol. The molecule has 1 N–H and O–H groups in total. The number of likely N-dealkylation sites (N-methyl/N-ethyl adjacent to an activating group) is 1. The molecule has 0 fully saturated rings. The molecule has 0 saturated heterocycles. The minimum Gasteiger partial charge on any atom is -0.497 e. The molecule has 5 nitrogen and oxygen atoms in total. The Morgan fingerprint density at radius 2 is 1.65 bits per heavy atom. The van der Waals surface area contributed by atoms with Crippen LogP contribution in [-0.2, 0) is 22.6 Å². The highest BCUT2D eigenvalue weighted by Crippen LogP contribution is 2.17. The van der Waals surface area contributed by atoms with Gasteiger partial charge in [-0.1, -0.05) is 35.9 Å². The van der Waals surface area contributed by atoms with Gasteiger partial charge in [0.2, 0.25) is 11.8 Å². The molecule has 1 atom stereocenters. The summed E-state index contributed by atoms with van der Waals surface area (Å²) in [5.41, 5.74) is 1.77. The van der Waals surface area contributed by atoms with Crippen LogP contribution >= 0.6 is 11.6 Å². The van der Waals surface area contributed by atoms with Crippen LogP contribution in [0.1, 0.15) is 18.1 Å². The van der Waals surface area contributed by atoms with Crippen molar-refractivity contribution in [2.45, 2.75) is 25.9 Å². The van der Waals surface area contributed by atoms with Gasteiger partial charge in [-0.2, -0.15) is 0 Å². The number of ether oxygens (including phenoxy) is 1. The molecule has 2 aromatic rings. The Kier molecular flexibility index (Phi) is 7.04. The average Bonchev–Trinajstić information content (AvgIpc) is 2.67. The maximum atomic E-state index is 12.9. The lowest BCUT2D eigenvalue weighted by Crippen LogP contribution is -2.47. The number of nitrogens with zero attached hydrogens (tertiary/aromatic N) is 1. The fourth-order valence-corrected chi connectivity index (χ4v) is 2.72. The Labute approximate surface area is 158 Å². The first kappa shape index (κ1) is 19.8. The van der Waals surface area contributed by atoms with Gasteiger partial charge in [-0.05, 0) is 42.3 Å². The topological polar surface area (TPSA) is 58.6 Å². The second kappa shape index (κ2) is 9.25. The van der Waals surface area contributed by atoms with Gasteiger partial charge in [-0.3, -0.25) is 9.59 Å². The lowest BCUT2D eigenvalue weighted by molar-refractivity contribution is -0.139. The van der Waals surface area contributed by atoms with Gasteiger partial charge in [0.25, 0.3) is 0 Å². The van der Waals surface area contributed by atoms with Crippen molar-refractivity contribution < 1.29 is 14.3 Å². The molecule has 6 heteroatoms. The van der Waals surface area contributed by atoms with Crippen molar-refractivity contribution >= 4 is 23.4 Å². The minimum absolute atomic E-state index is 0.126. The third-order valence-corrected chi connectivity index (χ3v) is 4.45. The number of carbonyl (C=O) groups excluding carboxylic acids is 2. The molecule has 0 radical (unpaired) electrons. The van der Waals surface area contributed by atoms with E-state index < -0.39 is 6.04 Å². The number of benzene rings is 2. The first-order chi connectivity index (χ1) is 12.4. The summed E-state index contributed by atoms with van der Waals surface area (Å²) < 4.78 is 5.16. The molecule has 26 heavy (non-hydrogen) atoms. The molecule has 0 aromatic heterocycles. The van der Waals surface area contributed by atoms with Crippen LogP contribution in [-0.4, -0.2) is 36.9 Å². The molecule has 2 aromatic carbocycles. The number of methoxy groups -OCH3 is 1. The zero-order valence-corrected chi connectivity index (χ0v) is 15.9. The first-order valence-electron chi connectivity index (χ1n) is 8.33. The van der Waals surface area contributed by atoms with Crippen molar-refractivity contribution in [3.8, 4) is 5.75 Å². The van der Waals surface area contributed by atoms with Gasteiger partial charge in [-0.15, -0.1) is 0 Å². The van der Waals surface area contributed by atoms with Crippen LogP contribution < -0.4 is 10.1 Å². The first-order valence-corrected chi connectivity index (χ1v) is 8.71. The maximum Gasteiger partial charge on any atom is 0.242 e. The molecule has 0 aliphatic heterocycles. The molecule has 0 aliphatic rings. The summed E-state index contributed by atoms with van der Waals surface area (Å²) in [4.78, 5) is 26.6. The average molecular weight is 375 g/mol. The maximum absolute atomic E-state index is 12.9. The smallest absolute Gasteiger partial charge is 0.242 e. The molecule has 2 rings (SSSR count). The zero-order valence-electron chi connectivity index (χ0n) is 15.2. The van der Waals surface area contributed by atoms with E-state index in [4.69, 9.17) is 16.3 Å². The number of halogens is 1. The summed E-state index contributed by atoms with van der Waals surface area (Å²) >= 11 is 5.90. The van der Waals surface area contributed by atoms with Crippen LogP contribution in [0.15, 0.2) is 48.5 Å². The summed E-state index contributed by atoms with van der Waals surface area (Å²) in [7, 11) is 3.17. The lowest BCUT2D eigenvalue weighted by atomic mass is 10.1. The Bertz CT molecular complexity index is 745. The van der Waals surface area contributed by atoms with Crippen molar-refractivity contribution in [2.24, 2.45) is 0 Å². The van der Waals surface area contributed by atoms with Crippen molar-refractivity contribution in [3.63, 3.8) is 0 Å². The summed E-state index contributed by atoms with van der Waals surface area (Å²) in [5, 5.41) is 3.23. The summed E-state index contributed by atoms with van der Waals surface area (Å²) in [6.07, 6.45) is 0.203. The van der Waals surface area contributed by atoms with E-state index in [2.05, 4.69) is 5.32 Å². The predicted octanol–water partition coefficient (Wildman–Crippen LogP) is 3.05. The number of hydrogen-bond acceptors (Lipinski definition) is 3. The lowest BCUT2D eigenvalue weighted by Gasteiger charge is -2.28. The number of rotatable bonds is 7. The second-order valence-electron chi connectivity index (χ2n) is 5.96. The number of hydrogen-bond donors (Lipinski definition) is 1. The van der Waals surface area contributed by atoms with Gasteiger partial charge in [-0.25, -0.2) is 0 Å². The van der Waals surface area contributed by atoms with E-state index in [0.717, 1.165) is 16.9 Å². The largest absolute Gasteiger partial charge is 0.497 e. The molecule has 0 saturated carbocycles. The van der Waals surface area contributed by atoms with E-state index in [9.17, 15) is 9.59 Å². The van der Waals surface area contributed by atoms with Crippen LogP contribution in [0.25, 0.3) is 0 Å². The summed E-state index contributed by atoms with van der Waals surface area (Å²) in [5.74, 6) is 0.411. The normalized spacial score (nSPS) is 11.5. The third-order valence-electron chi connectivity index (χ3n) is 4.19. The Morgan fingerprint density at radius 1 is 1.08 bits per heavy atom. The molecule has 0 aliphatic carbocycles. The van der Waals surface area contributed by atoms with Gasteiger partial charge in [0, 0.05) is 18.6 Å². The van der Waals surface area contributed by atoms with Crippen LogP contribution in [0, 0.1) is 0 Å². The Morgan fingerprint density at radius 3 is 2.19 bits per heavy atom. The molecule has 138 valence electrons. The van der Waals surface area contributed by atoms with Gasteiger partial charge in [0.1, 0.15) is 11.8 Å². The van der Waals surface area contributed by atoms with Crippen molar-refractivity contribution in [1.82, 2.24) is 10.2 Å². The molecular weight excluding hydrogens is 352 g/mol. The standard InChI is InChI=1S/C20H23ClN2O3/c1-14(20(25)22-2)23(13-16-6-10-18(26-3)11-7-16)19(24)12-15-4-8-17(21)9-5-15/h4-11,14H,12-13H2,1-3H3,(H,22,25)/t14-/m0/s1. The van der Waals surface area contributed by atoms with E-state index in [1.807, 2.05) is 36.4 Å². The zero-order chi connectivity index (χ0) is 19.1. The van der Waals surface area contributed by atoms with E-state index >= 15 is 0 Å². The predicted molar refractivity (Wildman–Crippen MR) is 102 cm³/mol. The fraction of sp³-hybridized carbons (Fsp3) is 0.300. The molecule has 2 amide bonds. The SMILES string of the molecule is CNC(=O)[C@H](C)N(Cc1ccc(OC)cc1)C(=O)Cc1ccc(Cl)cc1. The van der Waals surface area contributed by atoms with Gasteiger partial charge < -0.3 is 15.0 Å². The minimum atomic E-state index is -0.582. The van der Waals surface area contributed by atoms with Crippen LogP contribution in [0.2, 0.25) is 5.02 Å². The highest BCUT2D eigenvalue weighted by Gasteiger charge is 2.25. The van der Waals surface area contributed by atoms with Crippen LogP contribution in [0.4, 0.5) is 0 Å². The fourth-order valence-electron chi connectivity index (χ4n) is 2.60. The Hall–Kier alpha value is -2.53. The number of nitrogens with one attached hydrogen (secondary N) is 1.